The van der Waals surface area contributed by atoms with Gasteiger partial charge in [-0.1, -0.05) is 23.7 Å². The van der Waals surface area contributed by atoms with Gasteiger partial charge in [-0.25, -0.2) is 14.2 Å². The van der Waals surface area contributed by atoms with E-state index in [1.54, 1.807) is 18.2 Å². The molecule has 0 aliphatic carbocycles. The van der Waals surface area contributed by atoms with E-state index in [0.717, 1.165) is 0 Å². The number of halogens is 2. The molecule has 0 unspecified atom stereocenters. The van der Waals surface area contributed by atoms with E-state index >= 15 is 0 Å². The molecule has 0 aromatic heterocycles. The first-order valence-corrected chi connectivity index (χ1v) is 7.36. The lowest BCUT2D eigenvalue weighted by atomic mass is 10.1. The minimum Gasteiger partial charge on any atom is -0.454 e. The zero-order valence-electron chi connectivity index (χ0n) is 12.1. The van der Waals surface area contributed by atoms with Crippen LogP contribution in [-0.4, -0.2) is 18.7 Å². The predicted octanol–water partition coefficient (Wildman–Crippen LogP) is 3.55. The summed E-state index contributed by atoms with van der Waals surface area (Å²) in [5.74, 6) is -0.235. The van der Waals surface area contributed by atoms with Crippen LogP contribution in [0.3, 0.4) is 0 Å². The molecule has 2 aliphatic rings. The Morgan fingerprint density at radius 3 is 2.83 bits per heavy atom. The third-order valence-electron chi connectivity index (χ3n) is 3.50. The van der Waals surface area contributed by atoms with Gasteiger partial charge >= 0.3 is 5.97 Å². The van der Waals surface area contributed by atoms with Crippen molar-refractivity contribution in [3.8, 4) is 11.5 Å². The van der Waals surface area contributed by atoms with Crippen molar-refractivity contribution in [3.63, 3.8) is 0 Å². The molecular weight excluding hydrogens is 337 g/mol. The van der Waals surface area contributed by atoms with Crippen molar-refractivity contribution in [2.24, 2.45) is 4.99 Å². The third-order valence-corrected chi connectivity index (χ3v) is 3.81. The highest BCUT2D eigenvalue weighted by molar-refractivity contribution is 6.34. The Morgan fingerprint density at radius 2 is 2.00 bits per heavy atom. The van der Waals surface area contributed by atoms with Crippen LogP contribution in [0.2, 0.25) is 5.02 Å². The van der Waals surface area contributed by atoms with E-state index in [4.69, 9.17) is 25.8 Å². The Hall–Kier alpha value is -2.86. The van der Waals surface area contributed by atoms with Gasteiger partial charge in [0.05, 0.1) is 10.6 Å². The second-order valence-electron chi connectivity index (χ2n) is 5.05. The largest absolute Gasteiger partial charge is 0.454 e. The van der Waals surface area contributed by atoms with Gasteiger partial charge in [0.2, 0.25) is 12.7 Å². The van der Waals surface area contributed by atoms with Crippen molar-refractivity contribution >= 4 is 29.5 Å². The number of carbonyl (C=O) groups is 1. The molecule has 0 saturated heterocycles. The summed E-state index contributed by atoms with van der Waals surface area (Å²) in [5, 5.41) is 0.117. The minimum absolute atomic E-state index is 0.0402. The van der Waals surface area contributed by atoms with Crippen molar-refractivity contribution in [2.75, 3.05) is 6.79 Å². The van der Waals surface area contributed by atoms with Crippen LogP contribution >= 0.6 is 11.6 Å². The fourth-order valence-corrected chi connectivity index (χ4v) is 2.62. The summed E-state index contributed by atoms with van der Waals surface area (Å²) in [6.07, 6.45) is 1.52. The second-order valence-corrected chi connectivity index (χ2v) is 5.45. The molecule has 0 radical (unpaired) electrons. The molecule has 120 valence electrons. The molecular formula is C17H9ClFNO4. The van der Waals surface area contributed by atoms with Crippen molar-refractivity contribution in [1.29, 1.82) is 0 Å². The number of benzene rings is 2. The summed E-state index contributed by atoms with van der Waals surface area (Å²) < 4.78 is 29.5. The molecule has 0 spiro atoms. The quantitative estimate of drug-likeness (QED) is 0.617. The maximum absolute atomic E-state index is 13.9. The summed E-state index contributed by atoms with van der Waals surface area (Å²) in [6.45, 7) is 0.158. The second kappa shape index (κ2) is 5.65. The Bertz CT molecular complexity index is 903. The van der Waals surface area contributed by atoms with Crippen LogP contribution in [-0.2, 0) is 9.53 Å². The molecule has 0 N–H and O–H groups in total. The van der Waals surface area contributed by atoms with Crippen LogP contribution < -0.4 is 9.47 Å². The average Bonchev–Trinajstić information content (AvgIpc) is 3.14. The van der Waals surface area contributed by atoms with Gasteiger partial charge in [-0.05, 0) is 35.9 Å². The standard InChI is InChI=1S/C17H9ClFNO4/c18-10-2-1-3-11(19)15(10)16-20-12(17(21)24-16)6-9-4-5-13-14(7-9)23-8-22-13/h1-7H,8H2/b12-6+. The van der Waals surface area contributed by atoms with Crippen molar-refractivity contribution in [2.45, 2.75) is 0 Å². The van der Waals surface area contributed by atoms with Crippen LogP contribution in [0.25, 0.3) is 6.08 Å². The van der Waals surface area contributed by atoms with Gasteiger partial charge in [-0.2, -0.15) is 0 Å². The summed E-state index contributed by atoms with van der Waals surface area (Å²) in [5.41, 5.74) is 0.681. The molecule has 0 saturated carbocycles. The Kier molecular flexibility index (Phi) is 3.46. The van der Waals surface area contributed by atoms with Crippen LogP contribution in [0.15, 0.2) is 47.1 Å². The first-order valence-electron chi connectivity index (χ1n) is 6.98. The molecule has 2 heterocycles. The van der Waals surface area contributed by atoms with Gasteiger partial charge in [0.15, 0.2) is 17.2 Å². The molecule has 2 aromatic carbocycles. The van der Waals surface area contributed by atoms with Gasteiger partial charge in [0.25, 0.3) is 0 Å². The molecule has 0 bridgehead atoms. The SMILES string of the molecule is O=C1OC(c2c(F)cccc2Cl)=N/C1=C/c1ccc2c(c1)OCO2. The highest BCUT2D eigenvalue weighted by atomic mass is 35.5. The number of nitrogens with zero attached hydrogens (tertiary/aromatic N) is 1. The van der Waals surface area contributed by atoms with E-state index in [1.165, 1.54) is 24.3 Å². The zero-order chi connectivity index (χ0) is 16.7. The normalized spacial score (nSPS) is 17.2. The molecule has 0 amide bonds. The van der Waals surface area contributed by atoms with Gasteiger partial charge in [0, 0.05) is 0 Å². The van der Waals surface area contributed by atoms with E-state index in [9.17, 15) is 9.18 Å². The first-order chi connectivity index (χ1) is 11.6. The maximum atomic E-state index is 13.9. The van der Waals surface area contributed by atoms with Gasteiger partial charge in [-0.3, -0.25) is 0 Å². The molecule has 4 rings (SSSR count). The Balaban J connectivity index is 1.71. The van der Waals surface area contributed by atoms with E-state index in [2.05, 4.69) is 4.99 Å². The smallest absolute Gasteiger partial charge is 0.363 e. The zero-order valence-corrected chi connectivity index (χ0v) is 12.8. The fraction of sp³-hybridized carbons (Fsp3) is 0.0588. The number of aliphatic imine (C=N–C) groups is 1. The highest BCUT2D eigenvalue weighted by Crippen LogP contribution is 2.33. The lowest BCUT2D eigenvalue weighted by Crippen LogP contribution is -2.08. The Labute approximate surface area is 140 Å². The fourth-order valence-electron chi connectivity index (χ4n) is 2.38. The van der Waals surface area contributed by atoms with Crippen LogP contribution in [0, 0.1) is 5.82 Å². The number of esters is 1. The summed E-state index contributed by atoms with van der Waals surface area (Å²) in [7, 11) is 0. The van der Waals surface area contributed by atoms with E-state index in [-0.39, 0.29) is 29.0 Å². The van der Waals surface area contributed by atoms with E-state index < -0.39 is 11.8 Å². The molecule has 5 nitrogen and oxygen atoms in total. The molecule has 24 heavy (non-hydrogen) atoms. The Morgan fingerprint density at radius 1 is 1.17 bits per heavy atom. The lowest BCUT2D eigenvalue weighted by molar-refractivity contribution is -0.129. The molecule has 0 fully saturated rings. The van der Waals surface area contributed by atoms with Crippen LogP contribution in [0.5, 0.6) is 11.5 Å². The topological polar surface area (TPSA) is 57.1 Å². The number of cyclic esters (lactones) is 1. The molecule has 2 aromatic rings. The molecule has 2 aliphatic heterocycles. The number of rotatable bonds is 2. The van der Waals surface area contributed by atoms with Crippen molar-refractivity contribution in [3.05, 3.63) is 64.1 Å². The monoisotopic (exact) mass is 345 g/mol. The first kappa shape index (κ1) is 14.7. The molecule has 0 atom stereocenters. The molecule has 7 heteroatoms. The summed E-state index contributed by atoms with van der Waals surface area (Å²) in [4.78, 5) is 16.1. The number of hydrogen-bond acceptors (Lipinski definition) is 5. The number of carbonyl (C=O) groups excluding carboxylic acids is 1. The van der Waals surface area contributed by atoms with Gasteiger partial charge in [-0.15, -0.1) is 0 Å². The number of ether oxygens (including phenoxy) is 3. The van der Waals surface area contributed by atoms with Crippen LogP contribution in [0.1, 0.15) is 11.1 Å². The number of fused-ring (bicyclic) bond motifs is 1. The highest BCUT2D eigenvalue weighted by Gasteiger charge is 2.28. The number of hydrogen-bond donors (Lipinski definition) is 0. The lowest BCUT2D eigenvalue weighted by Gasteiger charge is -2.03. The van der Waals surface area contributed by atoms with Crippen molar-refractivity contribution < 1.29 is 23.4 Å². The predicted molar refractivity (Wildman–Crippen MR) is 84.6 cm³/mol. The van der Waals surface area contributed by atoms with Crippen molar-refractivity contribution in [1.82, 2.24) is 0 Å². The minimum atomic E-state index is -0.679. The van der Waals surface area contributed by atoms with Gasteiger partial charge in [0.1, 0.15) is 5.82 Å². The third kappa shape index (κ3) is 2.51. The summed E-state index contributed by atoms with van der Waals surface area (Å²) in [6, 6.07) is 9.37. The average molecular weight is 346 g/mol. The summed E-state index contributed by atoms with van der Waals surface area (Å²) >= 11 is 5.97. The van der Waals surface area contributed by atoms with E-state index in [1.807, 2.05) is 0 Å². The van der Waals surface area contributed by atoms with Crippen LogP contribution in [0.4, 0.5) is 4.39 Å². The van der Waals surface area contributed by atoms with Gasteiger partial charge < -0.3 is 14.2 Å². The van der Waals surface area contributed by atoms with E-state index in [0.29, 0.717) is 17.1 Å². The maximum Gasteiger partial charge on any atom is 0.363 e.